The third kappa shape index (κ3) is 3.12. The molecular formula is C14H17NO4. The molecule has 0 saturated heterocycles. The van der Waals surface area contributed by atoms with Gasteiger partial charge in [0.1, 0.15) is 6.04 Å². The Hall–Kier alpha value is -1.88. The van der Waals surface area contributed by atoms with E-state index in [0.29, 0.717) is 31.6 Å². The fourth-order valence-electron chi connectivity index (χ4n) is 2.10. The van der Waals surface area contributed by atoms with Crippen molar-refractivity contribution < 1.29 is 19.4 Å². The van der Waals surface area contributed by atoms with E-state index in [1.54, 1.807) is 12.1 Å². The molecule has 0 fully saturated rings. The van der Waals surface area contributed by atoms with Gasteiger partial charge in [-0.3, -0.25) is 4.79 Å². The van der Waals surface area contributed by atoms with Crippen LogP contribution in [0, 0.1) is 0 Å². The molecule has 0 saturated carbocycles. The Morgan fingerprint density at radius 2 is 2.11 bits per heavy atom. The van der Waals surface area contributed by atoms with Crippen molar-refractivity contribution in [3.8, 4) is 0 Å². The number of nitrogens with one attached hydrogen (secondary N) is 1. The molecule has 0 bridgehead atoms. The molecule has 1 atom stereocenters. The van der Waals surface area contributed by atoms with Gasteiger partial charge in [0.05, 0.1) is 13.2 Å². The van der Waals surface area contributed by atoms with Crippen LogP contribution in [0.1, 0.15) is 41.3 Å². The minimum Gasteiger partial charge on any atom is -0.480 e. The second-order valence-electron chi connectivity index (χ2n) is 4.63. The molecule has 0 unspecified atom stereocenters. The van der Waals surface area contributed by atoms with Crippen LogP contribution in [0.5, 0.6) is 0 Å². The summed E-state index contributed by atoms with van der Waals surface area (Å²) in [6.45, 7) is 2.97. The van der Waals surface area contributed by atoms with E-state index in [4.69, 9.17) is 9.84 Å². The molecule has 2 rings (SSSR count). The molecule has 1 aromatic rings. The molecule has 1 heterocycles. The Labute approximate surface area is 111 Å². The lowest BCUT2D eigenvalue weighted by Crippen LogP contribution is -2.40. The number of amides is 1. The maximum Gasteiger partial charge on any atom is 0.326 e. The summed E-state index contributed by atoms with van der Waals surface area (Å²) < 4.78 is 5.28. The van der Waals surface area contributed by atoms with Gasteiger partial charge >= 0.3 is 5.97 Å². The van der Waals surface area contributed by atoms with Crippen LogP contribution in [-0.2, 0) is 22.7 Å². The first kappa shape index (κ1) is 13.5. The first-order valence-electron chi connectivity index (χ1n) is 6.35. The third-order valence-electron chi connectivity index (χ3n) is 3.16. The summed E-state index contributed by atoms with van der Waals surface area (Å²) in [6.07, 6.45) is 1.13. The second kappa shape index (κ2) is 5.84. The van der Waals surface area contributed by atoms with Crippen LogP contribution in [-0.4, -0.2) is 23.0 Å². The largest absolute Gasteiger partial charge is 0.480 e. The molecular weight excluding hydrogens is 246 g/mol. The number of hydrogen-bond donors (Lipinski definition) is 2. The smallest absolute Gasteiger partial charge is 0.326 e. The summed E-state index contributed by atoms with van der Waals surface area (Å²) in [4.78, 5) is 23.0. The minimum atomic E-state index is -1.00. The highest BCUT2D eigenvalue weighted by molar-refractivity contribution is 5.96. The molecule has 0 spiro atoms. The van der Waals surface area contributed by atoms with E-state index in [1.807, 2.05) is 13.0 Å². The maximum atomic E-state index is 12.0. The Kier molecular flexibility index (Phi) is 4.16. The van der Waals surface area contributed by atoms with Gasteiger partial charge in [-0.25, -0.2) is 4.79 Å². The second-order valence-corrected chi connectivity index (χ2v) is 4.63. The average molecular weight is 263 g/mol. The molecule has 1 amide bonds. The standard InChI is InChI=1S/C14H17NO4/c1-2-3-12(14(17)18)15-13(16)9-4-5-10-7-19-8-11(10)6-9/h4-6,12H,2-3,7-8H2,1H3,(H,15,16)(H,17,18)/t12-/m0/s1. The molecule has 0 radical (unpaired) electrons. The van der Waals surface area contributed by atoms with Gasteiger partial charge in [0.15, 0.2) is 0 Å². The molecule has 5 heteroatoms. The number of carbonyl (C=O) groups excluding carboxylic acids is 1. The van der Waals surface area contributed by atoms with Crippen LogP contribution < -0.4 is 5.32 Å². The number of carboxylic acids is 1. The van der Waals surface area contributed by atoms with Crippen LogP contribution >= 0.6 is 0 Å². The van der Waals surface area contributed by atoms with Crippen molar-refractivity contribution in [3.63, 3.8) is 0 Å². The SMILES string of the molecule is CCC[C@H](NC(=O)c1ccc2c(c1)COC2)C(=O)O. The van der Waals surface area contributed by atoms with Crippen molar-refractivity contribution in [2.75, 3.05) is 0 Å². The maximum absolute atomic E-state index is 12.0. The lowest BCUT2D eigenvalue weighted by molar-refractivity contribution is -0.139. The van der Waals surface area contributed by atoms with Crippen molar-refractivity contribution >= 4 is 11.9 Å². The highest BCUT2D eigenvalue weighted by Crippen LogP contribution is 2.20. The van der Waals surface area contributed by atoms with E-state index in [2.05, 4.69) is 5.32 Å². The molecule has 0 aromatic heterocycles. The summed E-state index contributed by atoms with van der Waals surface area (Å²) in [5, 5.41) is 11.6. The predicted octanol–water partition coefficient (Wildman–Crippen LogP) is 1.70. The van der Waals surface area contributed by atoms with Crippen LogP contribution in [0.3, 0.4) is 0 Å². The molecule has 102 valence electrons. The van der Waals surface area contributed by atoms with E-state index >= 15 is 0 Å². The summed E-state index contributed by atoms with van der Waals surface area (Å²) in [5.41, 5.74) is 2.56. The van der Waals surface area contributed by atoms with Gasteiger partial charge in [0.25, 0.3) is 5.91 Å². The van der Waals surface area contributed by atoms with Crippen LogP contribution in [0.2, 0.25) is 0 Å². The highest BCUT2D eigenvalue weighted by atomic mass is 16.5. The summed E-state index contributed by atoms with van der Waals surface area (Å²) in [6, 6.07) is 4.49. The fourth-order valence-corrected chi connectivity index (χ4v) is 2.10. The van der Waals surface area contributed by atoms with E-state index in [9.17, 15) is 9.59 Å². The average Bonchev–Trinajstić information content (AvgIpc) is 2.85. The molecule has 19 heavy (non-hydrogen) atoms. The molecule has 2 N–H and O–H groups in total. The van der Waals surface area contributed by atoms with Gasteiger partial charge in [-0.2, -0.15) is 0 Å². The van der Waals surface area contributed by atoms with Crippen molar-refractivity contribution in [2.24, 2.45) is 0 Å². The zero-order chi connectivity index (χ0) is 13.8. The normalized spacial score (nSPS) is 14.8. The van der Waals surface area contributed by atoms with Gasteiger partial charge in [0.2, 0.25) is 0 Å². The van der Waals surface area contributed by atoms with Crippen LogP contribution in [0.25, 0.3) is 0 Å². The first-order chi connectivity index (χ1) is 9.11. The van der Waals surface area contributed by atoms with Crippen LogP contribution in [0.15, 0.2) is 18.2 Å². The lowest BCUT2D eigenvalue weighted by atomic mass is 10.1. The molecule has 1 aromatic carbocycles. The highest BCUT2D eigenvalue weighted by Gasteiger charge is 2.20. The van der Waals surface area contributed by atoms with E-state index in [-0.39, 0.29) is 5.91 Å². The predicted molar refractivity (Wildman–Crippen MR) is 68.7 cm³/mol. The molecule has 1 aliphatic heterocycles. The van der Waals surface area contributed by atoms with E-state index in [0.717, 1.165) is 11.1 Å². The first-order valence-corrected chi connectivity index (χ1v) is 6.35. The van der Waals surface area contributed by atoms with Gasteiger partial charge < -0.3 is 15.2 Å². The topological polar surface area (TPSA) is 75.6 Å². The fraction of sp³-hybridized carbons (Fsp3) is 0.429. The number of benzene rings is 1. The van der Waals surface area contributed by atoms with Gasteiger partial charge in [-0.15, -0.1) is 0 Å². The van der Waals surface area contributed by atoms with E-state index < -0.39 is 12.0 Å². The number of ether oxygens (including phenoxy) is 1. The summed E-state index contributed by atoms with van der Waals surface area (Å²) >= 11 is 0. The third-order valence-corrected chi connectivity index (χ3v) is 3.16. The Morgan fingerprint density at radius 1 is 1.37 bits per heavy atom. The zero-order valence-electron chi connectivity index (χ0n) is 10.8. The minimum absolute atomic E-state index is 0.351. The van der Waals surface area contributed by atoms with Gasteiger partial charge in [0, 0.05) is 5.56 Å². The molecule has 5 nitrogen and oxygen atoms in total. The summed E-state index contributed by atoms with van der Waals surface area (Å²) in [5.74, 6) is -1.35. The van der Waals surface area contributed by atoms with Crippen molar-refractivity contribution in [1.29, 1.82) is 0 Å². The number of rotatable bonds is 5. The van der Waals surface area contributed by atoms with Crippen LogP contribution in [0.4, 0.5) is 0 Å². The quantitative estimate of drug-likeness (QED) is 0.847. The number of carboxylic acid groups (broad SMARTS) is 1. The van der Waals surface area contributed by atoms with E-state index in [1.165, 1.54) is 0 Å². The summed E-state index contributed by atoms with van der Waals surface area (Å²) in [7, 11) is 0. The monoisotopic (exact) mass is 263 g/mol. The Bertz CT molecular complexity index is 498. The van der Waals surface area contributed by atoms with Gasteiger partial charge in [-0.1, -0.05) is 19.4 Å². The molecule has 1 aliphatic rings. The Balaban J connectivity index is 2.09. The lowest BCUT2D eigenvalue weighted by Gasteiger charge is -2.13. The molecule has 0 aliphatic carbocycles. The number of fused-ring (bicyclic) bond motifs is 1. The number of carbonyl (C=O) groups is 2. The zero-order valence-corrected chi connectivity index (χ0v) is 10.8. The van der Waals surface area contributed by atoms with Crippen molar-refractivity contribution in [1.82, 2.24) is 5.32 Å². The van der Waals surface area contributed by atoms with Crippen molar-refractivity contribution in [2.45, 2.75) is 39.0 Å². The van der Waals surface area contributed by atoms with Gasteiger partial charge in [-0.05, 0) is 29.7 Å². The number of aliphatic carboxylic acids is 1. The van der Waals surface area contributed by atoms with Crippen molar-refractivity contribution in [3.05, 3.63) is 34.9 Å². The number of hydrogen-bond acceptors (Lipinski definition) is 3. The Morgan fingerprint density at radius 3 is 2.79 bits per heavy atom.